The third-order valence-corrected chi connectivity index (χ3v) is 4.57. The van der Waals surface area contributed by atoms with Crippen molar-refractivity contribution in [2.24, 2.45) is 0 Å². The monoisotopic (exact) mass is 431 g/mol. The Labute approximate surface area is 187 Å². The number of benzene rings is 3. The molecular weight excluding hydrogens is 406 g/mol. The maximum atomic E-state index is 12.5. The summed E-state index contributed by atoms with van der Waals surface area (Å²) < 4.78 is 11.4. The van der Waals surface area contributed by atoms with Gasteiger partial charge in [-0.15, -0.1) is 0 Å². The highest BCUT2D eigenvalue weighted by Crippen LogP contribution is 2.26. The molecule has 164 valence electrons. The minimum atomic E-state index is -0.865. The number of carbonyl (C=O) groups excluding carboxylic acids is 1. The highest BCUT2D eigenvalue weighted by Gasteiger charge is 2.08. The number of aliphatic carboxylic acids is 1. The van der Waals surface area contributed by atoms with Crippen molar-refractivity contribution < 1.29 is 24.2 Å². The zero-order chi connectivity index (χ0) is 22.8. The lowest BCUT2D eigenvalue weighted by Crippen LogP contribution is -2.10. The maximum absolute atomic E-state index is 12.5. The van der Waals surface area contributed by atoms with Gasteiger partial charge in [-0.1, -0.05) is 42.5 Å². The Bertz CT molecular complexity index is 1070. The lowest BCUT2D eigenvalue weighted by molar-refractivity contribution is -0.137. The van der Waals surface area contributed by atoms with Crippen molar-refractivity contribution in [2.45, 2.75) is 19.8 Å². The molecule has 0 aliphatic carbocycles. The second kappa shape index (κ2) is 11.4. The maximum Gasteiger partial charge on any atom is 0.303 e. The van der Waals surface area contributed by atoms with Gasteiger partial charge < -0.3 is 19.9 Å². The molecule has 0 aromatic heterocycles. The number of rotatable bonds is 10. The van der Waals surface area contributed by atoms with Gasteiger partial charge in [0.05, 0.1) is 12.3 Å². The summed E-state index contributed by atoms with van der Waals surface area (Å²) in [7, 11) is 0. The van der Waals surface area contributed by atoms with Crippen LogP contribution in [-0.2, 0) is 9.59 Å². The number of carboxylic acid groups (broad SMARTS) is 1. The van der Waals surface area contributed by atoms with Gasteiger partial charge in [0, 0.05) is 12.5 Å². The SMILES string of the molecule is CC(=CC(=O)Nc1ccccc1OCCCC(=O)O)c1ccc(Oc2ccccc2)cc1. The molecule has 0 radical (unpaired) electrons. The summed E-state index contributed by atoms with van der Waals surface area (Å²) in [6.07, 6.45) is 1.94. The molecule has 0 saturated heterocycles. The standard InChI is InChI=1S/C26H25NO5/c1-19(20-13-15-22(16-14-20)32-21-8-3-2-4-9-21)18-25(28)27-23-10-5-6-11-24(23)31-17-7-12-26(29)30/h2-6,8-11,13-16,18H,7,12,17H2,1H3,(H,27,28)(H,29,30). The molecule has 32 heavy (non-hydrogen) atoms. The second-order valence-electron chi connectivity index (χ2n) is 7.10. The van der Waals surface area contributed by atoms with Crippen molar-refractivity contribution >= 4 is 23.1 Å². The molecule has 2 N–H and O–H groups in total. The summed E-state index contributed by atoms with van der Waals surface area (Å²) in [5, 5.41) is 11.5. The summed E-state index contributed by atoms with van der Waals surface area (Å²) in [5.41, 5.74) is 2.23. The van der Waals surface area contributed by atoms with Crippen LogP contribution in [0.25, 0.3) is 5.57 Å². The van der Waals surface area contributed by atoms with Crippen LogP contribution in [0.3, 0.4) is 0 Å². The number of nitrogens with one attached hydrogen (secondary N) is 1. The van der Waals surface area contributed by atoms with Crippen LogP contribution in [-0.4, -0.2) is 23.6 Å². The lowest BCUT2D eigenvalue weighted by Gasteiger charge is -2.11. The normalized spacial score (nSPS) is 11.0. The van der Waals surface area contributed by atoms with Crippen LogP contribution in [0.4, 0.5) is 5.69 Å². The van der Waals surface area contributed by atoms with E-state index in [0.717, 1.165) is 16.9 Å². The van der Waals surface area contributed by atoms with Crippen LogP contribution in [0, 0.1) is 0 Å². The largest absolute Gasteiger partial charge is 0.491 e. The zero-order valence-electron chi connectivity index (χ0n) is 17.8. The third kappa shape index (κ3) is 7.02. The van der Waals surface area contributed by atoms with Crippen LogP contribution in [0.2, 0.25) is 0 Å². The van der Waals surface area contributed by atoms with E-state index in [9.17, 15) is 9.59 Å². The molecule has 1 amide bonds. The molecule has 0 unspecified atom stereocenters. The third-order valence-electron chi connectivity index (χ3n) is 4.57. The van der Waals surface area contributed by atoms with Crippen LogP contribution >= 0.6 is 0 Å². The first-order valence-electron chi connectivity index (χ1n) is 10.3. The van der Waals surface area contributed by atoms with Crippen LogP contribution in [0.15, 0.2) is 84.9 Å². The molecule has 0 aliphatic heterocycles. The van der Waals surface area contributed by atoms with Crippen molar-refractivity contribution in [1.29, 1.82) is 0 Å². The fraction of sp³-hybridized carbons (Fsp3) is 0.154. The van der Waals surface area contributed by atoms with Crippen LogP contribution < -0.4 is 14.8 Å². The number of hydrogen-bond donors (Lipinski definition) is 2. The topological polar surface area (TPSA) is 84.9 Å². The Morgan fingerprint density at radius 1 is 0.906 bits per heavy atom. The van der Waals surface area contributed by atoms with Crippen molar-refractivity contribution in [3.63, 3.8) is 0 Å². The van der Waals surface area contributed by atoms with E-state index in [-0.39, 0.29) is 18.9 Å². The van der Waals surface area contributed by atoms with E-state index in [0.29, 0.717) is 23.6 Å². The highest BCUT2D eigenvalue weighted by atomic mass is 16.5. The van der Waals surface area contributed by atoms with Crippen molar-refractivity contribution in [1.82, 2.24) is 0 Å². The summed E-state index contributed by atoms with van der Waals surface area (Å²) in [5.74, 6) is 0.825. The first-order chi connectivity index (χ1) is 15.5. The number of carbonyl (C=O) groups is 2. The Hall–Kier alpha value is -4.06. The summed E-state index contributed by atoms with van der Waals surface area (Å²) in [6.45, 7) is 2.12. The van der Waals surface area contributed by atoms with E-state index >= 15 is 0 Å². The van der Waals surface area contributed by atoms with Gasteiger partial charge in [-0.25, -0.2) is 0 Å². The van der Waals surface area contributed by atoms with Gasteiger partial charge in [0.25, 0.3) is 0 Å². The van der Waals surface area contributed by atoms with Gasteiger partial charge >= 0.3 is 5.97 Å². The fourth-order valence-electron chi connectivity index (χ4n) is 2.96. The molecule has 6 nitrogen and oxygen atoms in total. The Kier molecular flexibility index (Phi) is 8.03. The van der Waals surface area contributed by atoms with Crippen LogP contribution in [0.1, 0.15) is 25.3 Å². The van der Waals surface area contributed by atoms with Gasteiger partial charge in [-0.05, 0) is 60.9 Å². The second-order valence-corrected chi connectivity index (χ2v) is 7.10. The molecule has 0 saturated carbocycles. The molecule has 0 fully saturated rings. The molecule has 0 aliphatic rings. The predicted molar refractivity (Wildman–Crippen MR) is 124 cm³/mol. The first-order valence-corrected chi connectivity index (χ1v) is 10.3. The van der Waals surface area contributed by atoms with E-state index in [1.54, 1.807) is 24.3 Å². The predicted octanol–water partition coefficient (Wildman–Crippen LogP) is 5.76. The highest BCUT2D eigenvalue weighted by molar-refractivity contribution is 6.04. The molecule has 6 heteroatoms. The number of para-hydroxylation sites is 3. The summed E-state index contributed by atoms with van der Waals surface area (Å²) in [6, 6.07) is 24.1. The number of carboxylic acids is 1. The number of hydrogen-bond acceptors (Lipinski definition) is 4. The summed E-state index contributed by atoms with van der Waals surface area (Å²) >= 11 is 0. The molecule has 3 aromatic rings. The Morgan fingerprint density at radius 2 is 1.56 bits per heavy atom. The van der Waals surface area contributed by atoms with Gasteiger partial charge in [0.1, 0.15) is 17.2 Å². The molecule has 0 atom stereocenters. The number of ether oxygens (including phenoxy) is 2. The summed E-state index contributed by atoms with van der Waals surface area (Å²) in [4.78, 5) is 23.1. The van der Waals surface area contributed by atoms with Gasteiger partial charge in [-0.3, -0.25) is 9.59 Å². The van der Waals surface area contributed by atoms with Gasteiger partial charge in [0.15, 0.2) is 0 Å². The molecule has 3 aromatic carbocycles. The quantitative estimate of drug-likeness (QED) is 0.315. The van der Waals surface area contributed by atoms with Crippen molar-refractivity contribution in [2.75, 3.05) is 11.9 Å². The lowest BCUT2D eigenvalue weighted by atomic mass is 10.1. The molecule has 0 bridgehead atoms. The van der Waals surface area contributed by atoms with Crippen molar-refractivity contribution in [3.05, 3.63) is 90.5 Å². The van der Waals surface area contributed by atoms with E-state index in [2.05, 4.69) is 5.32 Å². The van der Waals surface area contributed by atoms with Gasteiger partial charge in [0.2, 0.25) is 5.91 Å². The minimum absolute atomic E-state index is 0.0334. The van der Waals surface area contributed by atoms with Crippen molar-refractivity contribution in [3.8, 4) is 17.2 Å². The number of amides is 1. The van der Waals surface area contributed by atoms with Gasteiger partial charge in [-0.2, -0.15) is 0 Å². The van der Waals surface area contributed by atoms with E-state index < -0.39 is 5.97 Å². The fourth-order valence-corrected chi connectivity index (χ4v) is 2.96. The van der Waals surface area contributed by atoms with Crippen LogP contribution in [0.5, 0.6) is 17.2 Å². The molecule has 0 heterocycles. The molecule has 0 spiro atoms. The Balaban J connectivity index is 1.60. The van der Waals surface area contributed by atoms with E-state index in [1.165, 1.54) is 6.08 Å². The van der Waals surface area contributed by atoms with E-state index in [1.807, 2.05) is 61.5 Å². The minimum Gasteiger partial charge on any atom is -0.491 e. The molecular formula is C26H25NO5. The molecule has 3 rings (SSSR count). The average molecular weight is 431 g/mol. The zero-order valence-corrected chi connectivity index (χ0v) is 17.8. The smallest absolute Gasteiger partial charge is 0.303 e. The first kappa shape index (κ1) is 22.6. The van der Waals surface area contributed by atoms with E-state index in [4.69, 9.17) is 14.6 Å². The average Bonchev–Trinajstić information content (AvgIpc) is 2.78. The number of allylic oxidation sites excluding steroid dienone is 1. The Morgan fingerprint density at radius 3 is 2.28 bits per heavy atom. The number of anilines is 1.